The van der Waals surface area contributed by atoms with E-state index in [-0.39, 0.29) is 6.03 Å². The highest BCUT2D eigenvalue weighted by atomic mass is 16.2. The zero-order valence-corrected chi connectivity index (χ0v) is 9.34. The minimum Gasteiger partial charge on any atom is -0.338 e. The van der Waals surface area contributed by atoms with Crippen LogP contribution >= 0.6 is 0 Å². The average Bonchev–Trinajstić information content (AvgIpc) is 2.12. The Morgan fingerprint density at radius 1 is 1.43 bits per heavy atom. The number of rotatable bonds is 2. The first kappa shape index (κ1) is 11.3. The van der Waals surface area contributed by atoms with E-state index in [4.69, 9.17) is 0 Å². The van der Waals surface area contributed by atoms with Crippen molar-refractivity contribution in [3.05, 3.63) is 0 Å². The van der Waals surface area contributed by atoms with Crippen molar-refractivity contribution in [2.45, 2.75) is 39.3 Å². The molecule has 0 aromatic heterocycles. The lowest BCUT2D eigenvalue weighted by molar-refractivity contribution is 0.165. The number of nitrogens with one attached hydrogen (secondary N) is 2. The Morgan fingerprint density at radius 3 is 2.50 bits per heavy atom. The first-order chi connectivity index (χ1) is 6.63. The molecule has 82 valence electrons. The van der Waals surface area contributed by atoms with Crippen molar-refractivity contribution in [3.63, 3.8) is 0 Å². The van der Waals surface area contributed by atoms with Crippen molar-refractivity contribution in [2.24, 2.45) is 0 Å². The third-order valence-corrected chi connectivity index (χ3v) is 2.37. The summed E-state index contributed by atoms with van der Waals surface area (Å²) in [6.07, 6.45) is 0.989. The molecule has 0 bridgehead atoms. The van der Waals surface area contributed by atoms with E-state index < -0.39 is 0 Å². The fraction of sp³-hybridized carbons (Fsp3) is 0.900. The van der Waals surface area contributed by atoms with Crippen LogP contribution in [-0.2, 0) is 0 Å². The molecule has 0 radical (unpaired) electrons. The number of carbonyl (C=O) groups excluding carboxylic acids is 1. The largest absolute Gasteiger partial charge is 0.338 e. The van der Waals surface area contributed by atoms with Gasteiger partial charge in [-0.2, -0.15) is 0 Å². The molecule has 0 aliphatic carbocycles. The molecule has 2 atom stereocenters. The molecule has 0 saturated carbocycles. The molecule has 1 saturated heterocycles. The Balaban J connectivity index is 2.38. The van der Waals surface area contributed by atoms with Crippen LogP contribution in [0.5, 0.6) is 0 Å². The van der Waals surface area contributed by atoms with Crippen molar-refractivity contribution in [2.75, 3.05) is 19.6 Å². The molecule has 14 heavy (non-hydrogen) atoms. The SMILES string of the molecule is CCCNC(=O)N1CC(C)NC(C)C1. The van der Waals surface area contributed by atoms with Gasteiger partial charge in [-0.3, -0.25) is 0 Å². The smallest absolute Gasteiger partial charge is 0.317 e. The predicted molar refractivity (Wildman–Crippen MR) is 57.3 cm³/mol. The first-order valence-electron chi connectivity index (χ1n) is 5.42. The van der Waals surface area contributed by atoms with Crippen LogP contribution in [0.15, 0.2) is 0 Å². The topological polar surface area (TPSA) is 44.4 Å². The van der Waals surface area contributed by atoms with E-state index in [0.29, 0.717) is 12.1 Å². The van der Waals surface area contributed by atoms with E-state index in [9.17, 15) is 4.79 Å². The van der Waals surface area contributed by atoms with Crippen molar-refractivity contribution in [3.8, 4) is 0 Å². The summed E-state index contributed by atoms with van der Waals surface area (Å²) in [4.78, 5) is 13.5. The molecule has 1 aliphatic heterocycles. The van der Waals surface area contributed by atoms with Gasteiger partial charge in [-0.15, -0.1) is 0 Å². The van der Waals surface area contributed by atoms with Crippen molar-refractivity contribution in [1.29, 1.82) is 0 Å². The molecule has 2 unspecified atom stereocenters. The van der Waals surface area contributed by atoms with Gasteiger partial charge in [0.05, 0.1) is 0 Å². The summed E-state index contributed by atoms with van der Waals surface area (Å²) in [6.45, 7) is 8.65. The number of urea groups is 1. The summed E-state index contributed by atoms with van der Waals surface area (Å²) >= 11 is 0. The number of piperazine rings is 1. The summed E-state index contributed by atoms with van der Waals surface area (Å²) in [6, 6.07) is 0.865. The normalized spacial score (nSPS) is 27.5. The molecule has 1 heterocycles. The van der Waals surface area contributed by atoms with E-state index in [1.165, 1.54) is 0 Å². The number of carbonyl (C=O) groups is 1. The van der Waals surface area contributed by atoms with E-state index >= 15 is 0 Å². The van der Waals surface area contributed by atoms with Crippen LogP contribution in [0.2, 0.25) is 0 Å². The number of hydrogen-bond acceptors (Lipinski definition) is 2. The van der Waals surface area contributed by atoms with Gasteiger partial charge in [-0.1, -0.05) is 6.92 Å². The Labute approximate surface area is 86.0 Å². The highest BCUT2D eigenvalue weighted by Crippen LogP contribution is 2.03. The Kier molecular flexibility index (Phi) is 4.20. The standard InChI is InChI=1S/C10H21N3O/c1-4-5-11-10(14)13-6-8(2)12-9(3)7-13/h8-9,12H,4-7H2,1-3H3,(H,11,14). The zero-order valence-electron chi connectivity index (χ0n) is 9.34. The molecular formula is C10H21N3O. The minimum atomic E-state index is 0.0760. The lowest BCUT2D eigenvalue weighted by atomic mass is 10.1. The van der Waals surface area contributed by atoms with Gasteiger partial charge in [0, 0.05) is 31.7 Å². The predicted octanol–water partition coefficient (Wildman–Crippen LogP) is 0.788. The minimum absolute atomic E-state index is 0.0760. The van der Waals surface area contributed by atoms with E-state index in [0.717, 1.165) is 26.1 Å². The number of nitrogens with zero attached hydrogens (tertiary/aromatic N) is 1. The van der Waals surface area contributed by atoms with E-state index in [1.807, 2.05) is 4.90 Å². The quantitative estimate of drug-likeness (QED) is 0.690. The summed E-state index contributed by atoms with van der Waals surface area (Å²) < 4.78 is 0. The second-order valence-electron chi connectivity index (χ2n) is 4.11. The average molecular weight is 199 g/mol. The maximum absolute atomic E-state index is 11.6. The second kappa shape index (κ2) is 5.20. The van der Waals surface area contributed by atoms with Crippen LogP contribution in [0, 0.1) is 0 Å². The number of hydrogen-bond donors (Lipinski definition) is 2. The van der Waals surface area contributed by atoms with Crippen LogP contribution in [0.4, 0.5) is 4.79 Å². The van der Waals surface area contributed by atoms with Crippen LogP contribution in [0.3, 0.4) is 0 Å². The Hall–Kier alpha value is -0.770. The summed E-state index contributed by atoms with van der Waals surface area (Å²) in [7, 11) is 0. The monoisotopic (exact) mass is 199 g/mol. The van der Waals surface area contributed by atoms with Crippen molar-refractivity contribution >= 4 is 6.03 Å². The molecule has 0 aromatic carbocycles. The molecule has 2 amide bonds. The molecule has 1 aliphatic rings. The van der Waals surface area contributed by atoms with Gasteiger partial charge in [0.1, 0.15) is 0 Å². The summed E-state index contributed by atoms with van der Waals surface area (Å²) in [5.41, 5.74) is 0. The molecule has 2 N–H and O–H groups in total. The maximum atomic E-state index is 11.6. The lowest BCUT2D eigenvalue weighted by Gasteiger charge is -2.36. The van der Waals surface area contributed by atoms with Gasteiger partial charge >= 0.3 is 6.03 Å². The van der Waals surface area contributed by atoms with Gasteiger partial charge in [-0.25, -0.2) is 4.79 Å². The van der Waals surface area contributed by atoms with Gasteiger partial charge in [0.25, 0.3) is 0 Å². The van der Waals surface area contributed by atoms with Gasteiger partial charge in [0.15, 0.2) is 0 Å². The Morgan fingerprint density at radius 2 is 2.00 bits per heavy atom. The fourth-order valence-electron chi connectivity index (χ4n) is 1.84. The Bertz CT molecular complexity index is 186. The molecule has 0 spiro atoms. The van der Waals surface area contributed by atoms with Gasteiger partial charge in [-0.05, 0) is 20.3 Å². The molecule has 4 nitrogen and oxygen atoms in total. The molecule has 1 fully saturated rings. The third-order valence-electron chi connectivity index (χ3n) is 2.37. The van der Waals surface area contributed by atoms with Crippen LogP contribution in [0.25, 0.3) is 0 Å². The molecular weight excluding hydrogens is 178 g/mol. The highest BCUT2D eigenvalue weighted by molar-refractivity contribution is 5.74. The second-order valence-corrected chi connectivity index (χ2v) is 4.11. The van der Waals surface area contributed by atoms with Crippen LogP contribution < -0.4 is 10.6 Å². The maximum Gasteiger partial charge on any atom is 0.317 e. The van der Waals surface area contributed by atoms with E-state index in [2.05, 4.69) is 31.4 Å². The third kappa shape index (κ3) is 3.18. The molecule has 4 heteroatoms. The first-order valence-corrected chi connectivity index (χ1v) is 5.42. The highest BCUT2D eigenvalue weighted by Gasteiger charge is 2.23. The molecule has 0 aromatic rings. The van der Waals surface area contributed by atoms with Crippen LogP contribution in [-0.4, -0.2) is 42.6 Å². The van der Waals surface area contributed by atoms with Gasteiger partial charge < -0.3 is 15.5 Å². The van der Waals surface area contributed by atoms with E-state index in [1.54, 1.807) is 0 Å². The van der Waals surface area contributed by atoms with Crippen molar-refractivity contribution < 1.29 is 4.79 Å². The van der Waals surface area contributed by atoms with Crippen molar-refractivity contribution in [1.82, 2.24) is 15.5 Å². The summed E-state index contributed by atoms with van der Waals surface area (Å²) in [5.74, 6) is 0. The summed E-state index contributed by atoms with van der Waals surface area (Å²) in [5, 5.41) is 6.30. The van der Waals surface area contributed by atoms with Crippen LogP contribution in [0.1, 0.15) is 27.2 Å². The zero-order chi connectivity index (χ0) is 10.6. The fourth-order valence-corrected chi connectivity index (χ4v) is 1.84. The lowest BCUT2D eigenvalue weighted by Crippen LogP contribution is -2.57. The number of amides is 2. The van der Waals surface area contributed by atoms with Gasteiger partial charge in [0.2, 0.25) is 0 Å². The molecule has 1 rings (SSSR count).